The van der Waals surface area contributed by atoms with Gasteiger partial charge < -0.3 is 15.0 Å². The van der Waals surface area contributed by atoms with Crippen molar-refractivity contribution in [3.8, 4) is 11.4 Å². The number of hydrogen-bond acceptors (Lipinski definition) is 4. The van der Waals surface area contributed by atoms with Gasteiger partial charge in [-0.2, -0.15) is 5.10 Å². The zero-order valence-corrected chi connectivity index (χ0v) is 14.0. The van der Waals surface area contributed by atoms with Crippen LogP contribution in [0.25, 0.3) is 5.69 Å². The van der Waals surface area contributed by atoms with Crippen molar-refractivity contribution >= 4 is 5.91 Å². The van der Waals surface area contributed by atoms with Crippen LogP contribution in [0.5, 0.6) is 5.75 Å². The maximum atomic E-state index is 12.7. The summed E-state index contributed by atoms with van der Waals surface area (Å²) in [6.45, 7) is 5.72. The van der Waals surface area contributed by atoms with Gasteiger partial charge in [-0.05, 0) is 42.5 Å². The Balaban J connectivity index is 1.57. The van der Waals surface area contributed by atoms with Gasteiger partial charge in [0.1, 0.15) is 11.4 Å². The van der Waals surface area contributed by atoms with Crippen molar-refractivity contribution in [2.45, 2.75) is 6.92 Å². The number of rotatable bonds is 3. The fourth-order valence-corrected chi connectivity index (χ4v) is 3.73. The molecule has 0 spiro atoms. The Bertz CT molecular complexity index is 758. The average Bonchev–Trinajstić information content (AvgIpc) is 3.29. The molecule has 2 atom stereocenters. The first-order valence-corrected chi connectivity index (χ1v) is 8.36. The van der Waals surface area contributed by atoms with E-state index in [1.54, 1.807) is 17.9 Å². The number of fused-ring (bicyclic) bond motifs is 1. The second-order valence-electron chi connectivity index (χ2n) is 6.71. The van der Waals surface area contributed by atoms with Gasteiger partial charge in [-0.15, -0.1) is 0 Å². The van der Waals surface area contributed by atoms with E-state index in [4.69, 9.17) is 4.74 Å². The Morgan fingerprint density at radius 1 is 1.25 bits per heavy atom. The first-order chi connectivity index (χ1) is 11.7. The molecule has 1 amide bonds. The van der Waals surface area contributed by atoms with Gasteiger partial charge in [0.2, 0.25) is 0 Å². The lowest BCUT2D eigenvalue weighted by Crippen LogP contribution is -2.32. The maximum Gasteiger partial charge on any atom is 0.274 e. The quantitative estimate of drug-likeness (QED) is 0.928. The van der Waals surface area contributed by atoms with Crippen LogP contribution in [0.1, 0.15) is 16.1 Å². The Morgan fingerprint density at radius 3 is 2.71 bits per heavy atom. The molecule has 0 saturated carbocycles. The molecule has 1 aromatic heterocycles. The third kappa shape index (κ3) is 2.57. The summed E-state index contributed by atoms with van der Waals surface area (Å²) in [5.74, 6) is 1.94. The van der Waals surface area contributed by atoms with Gasteiger partial charge >= 0.3 is 0 Å². The molecule has 2 aliphatic heterocycles. The molecule has 3 heterocycles. The maximum absolute atomic E-state index is 12.7. The third-order valence-electron chi connectivity index (χ3n) is 5.07. The van der Waals surface area contributed by atoms with Gasteiger partial charge in [-0.1, -0.05) is 6.07 Å². The summed E-state index contributed by atoms with van der Waals surface area (Å²) in [5.41, 5.74) is 2.46. The molecule has 1 aromatic carbocycles. The lowest BCUT2D eigenvalue weighted by atomic mass is 10.0. The fraction of sp³-hybridized carbons (Fsp3) is 0.444. The van der Waals surface area contributed by atoms with Gasteiger partial charge in [0, 0.05) is 32.4 Å². The molecule has 0 unspecified atom stereocenters. The Hall–Kier alpha value is -2.34. The highest BCUT2D eigenvalue weighted by Gasteiger charge is 2.38. The molecule has 0 radical (unpaired) electrons. The average molecular weight is 326 g/mol. The molecule has 0 bridgehead atoms. The van der Waals surface area contributed by atoms with Crippen LogP contribution >= 0.6 is 0 Å². The van der Waals surface area contributed by atoms with Gasteiger partial charge in [0.05, 0.1) is 7.11 Å². The van der Waals surface area contributed by atoms with Gasteiger partial charge in [-0.25, -0.2) is 4.68 Å². The number of hydrogen-bond donors (Lipinski definition) is 1. The van der Waals surface area contributed by atoms with Crippen molar-refractivity contribution < 1.29 is 9.53 Å². The molecule has 6 nitrogen and oxygen atoms in total. The molecule has 2 fully saturated rings. The zero-order valence-electron chi connectivity index (χ0n) is 14.0. The molecular weight excluding hydrogens is 304 g/mol. The van der Waals surface area contributed by atoms with E-state index in [2.05, 4.69) is 10.4 Å². The molecule has 2 saturated heterocycles. The van der Waals surface area contributed by atoms with Crippen LogP contribution in [-0.4, -0.2) is 53.9 Å². The number of benzene rings is 1. The minimum atomic E-state index is 0.0229. The third-order valence-corrected chi connectivity index (χ3v) is 5.07. The molecular formula is C18H22N4O2. The molecule has 24 heavy (non-hydrogen) atoms. The number of aryl methyl sites for hydroxylation is 1. The van der Waals surface area contributed by atoms with Crippen LogP contribution in [0.3, 0.4) is 0 Å². The highest BCUT2D eigenvalue weighted by atomic mass is 16.5. The standard InChI is InChI=1S/C18H22N4O2/c1-12-3-4-17(24-2)16(7-12)22-6-5-15(20-22)18(23)21-10-13-8-19-9-14(13)11-21/h3-7,13-14,19H,8-11H2,1-2H3/t13-,14+. The van der Waals surface area contributed by atoms with Crippen molar-refractivity contribution in [2.75, 3.05) is 33.3 Å². The summed E-state index contributed by atoms with van der Waals surface area (Å²) in [4.78, 5) is 14.7. The lowest BCUT2D eigenvalue weighted by Gasteiger charge is -2.16. The molecule has 6 heteroatoms. The minimum Gasteiger partial charge on any atom is -0.494 e. The Kier molecular flexibility index (Phi) is 3.76. The van der Waals surface area contributed by atoms with Crippen LogP contribution < -0.4 is 10.1 Å². The topological polar surface area (TPSA) is 59.4 Å². The molecule has 2 aromatic rings. The van der Waals surface area contributed by atoms with Gasteiger partial charge in [-0.3, -0.25) is 4.79 Å². The SMILES string of the molecule is COc1ccc(C)cc1-n1ccc(C(=O)N2C[C@H]3CNC[C@H]3C2)n1. The highest BCUT2D eigenvalue weighted by molar-refractivity contribution is 5.92. The van der Waals surface area contributed by atoms with Crippen LogP contribution in [-0.2, 0) is 0 Å². The number of nitrogens with zero attached hydrogens (tertiary/aromatic N) is 3. The van der Waals surface area contributed by atoms with Crippen molar-refractivity contribution in [3.63, 3.8) is 0 Å². The van der Waals surface area contributed by atoms with Crippen molar-refractivity contribution in [1.82, 2.24) is 20.0 Å². The molecule has 126 valence electrons. The number of nitrogens with one attached hydrogen (secondary N) is 1. The van der Waals surface area contributed by atoms with E-state index >= 15 is 0 Å². The lowest BCUT2D eigenvalue weighted by molar-refractivity contribution is 0.0775. The predicted molar refractivity (Wildman–Crippen MR) is 90.6 cm³/mol. The number of methoxy groups -OCH3 is 1. The first-order valence-electron chi connectivity index (χ1n) is 8.36. The second-order valence-corrected chi connectivity index (χ2v) is 6.71. The highest BCUT2D eigenvalue weighted by Crippen LogP contribution is 2.28. The molecule has 0 aliphatic carbocycles. The summed E-state index contributed by atoms with van der Waals surface area (Å²) in [6.07, 6.45) is 1.82. The van der Waals surface area contributed by atoms with E-state index in [0.717, 1.165) is 43.2 Å². The number of carbonyl (C=O) groups excluding carboxylic acids is 1. The van der Waals surface area contributed by atoms with E-state index in [9.17, 15) is 4.79 Å². The van der Waals surface area contributed by atoms with Crippen molar-refractivity contribution in [3.05, 3.63) is 41.7 Å². The van der Waals surface area contributed by atoms with Crippen molar-refractivity contribution in [2.24, 2.45) is 11.8 Å². The monoisotopic (exact) mass is 326 g/mol. The van der Waals surface area contributed by atoms with Crippen LogP contribution in [0.4, 0.5) is 0 Å². The fourth-order valence-electron chi connectivity index (χ4n) is 3.73. The van der Waals surface area contributed by atoms with Crippen LogP contribution in [0.15, 0.2) is 30.5 Å². The van der Waals surface area contributed by atoms with E-state index in [-0.39, 0.29) is 5.91 Å². The number of ether oxygens (including phenoxy) is 1. The Morgan fingerprint density at radius 2 is 2.00 bits per heavy atom. The molecule has 1 N–H and O–H groups in total. The summed E-state index contributed by atoms with van der Waals surface area (Å²) in [5, 5.41) is 7.89. The summed E-state index contributed by atoms with van der Waals surface area (Å²) >= 11 is 0. The smallest absolute Gasteiger partial charge is 0.274 e. The van der Waals surface area contributed by atoms with Gasteiger partial charge in [0.15, 0.2) is 5.69 Å². The van der Waals surface area contributed by atoms with Gasteiger partial charge in [0.25, 0.3) is 5.91 Å². The van der Waals surface area contributed by atoms with E-state index in [1.165, 1.54) is 0 Å². The summed E-state index contributed by atoms with van der Waals surface area (Å²) < 4.78 is 7.13. The minimum absolute atomic E-state index is 0.0229. The van der Waals surface area contributed by atoms with Crippen LogP contribution in [0, 0.1) is 18.8 Å². The Labute approximate surface area is 141 Å². The predicted octanol–water partition coefficient (Wildman–Crippen LogP) is 1.48. The van der Waals surface area contributed by atoms with E-state index in [0.29, 0.717) is 17.5 Å². The summed E-state index contributed by atoms with van der Waals surface area (Å²) in [6, 6.07) is 7.71. The second kappa shape index (κ2) is 5.94. The normalized spacial score (nSPS) is 22.7. The van der Waals surface area contributed by atoms with E-state index in [1.807, 2.05) is 36.2 Å². The number of likely N-dealkylation sites (tertiary alicyclic amines) is 1. The summed E-state index contributed by atoms with van der Waals surface area (Å²) in [7, 11) is 1.64. The largest absolute Gasteiger partial charge is 0.494 e. The number of carbonyl (C=O) groups is 1. The van der Waals surface area contributed by atoms with E-state index < -0.39 is 0 Å². The number of aromatic nitrogens is 2. The van der Waals surface area contributed by atoms with Crippen molar-refractivity contribution in [1.29, 1.82) is 0 Å². The molecule has 4 rings (SSSR count). The number of amides is 1. The van der Waals surface area contributed by atoms with Crippen LogP contribution in [0.2, 0.25) is 0 Å². The first kappa shape index (κ1) is 15.2. The zero-order chi connectivity index (χ0) is 16.7. The molecule has 2 aliphatic rings.